The number of urea groups is 1. The number of carbonyl (C=O) groups excluding carboxylic acids is 3. The Kier molecular flexibility index (Phi) is 9.07. The van der Waals surface area contributed by atoms with E-state index in [0.29, 0.717) is 19.5 Å². The third-order valence-electron chi connectivity index (χ3n) is 4.01. The molecule has 0 spiro atoms. The standard InChI is InChI=1S/C18H27N3O6S/c1-5-13(4)19-18(24)20-16(22)12-27-17(23)14-8-10-15(11-9-14)28(25,26)21(6-2)7-3/h8-11,13H,5-7,12H2,1-4H3,(H2,19,20,22,24)/t13-/m1/s1. The molecular weight excluding hydrogens is 386 g/mol. The molecule has 156 valence electrons. The van der Waals surface area contributed by atoms with E-state index < -0.39 is 34.5 Å². The van der Waals surface area contributed by atoms with Gasteiger partial charge in [0.05, 0.1) is 10.5 Å². The Morgan fingerprint density at radius 2 is 1.64 bits per heavy atom. The van der Waals surface area contributed by atoms with Crippen LogP contribution in [0.15, 0.2) is 29.2 Å². The molecule has 1 aromatic rings. The zero-order valence-electron chi connectivity index (χ0n) is 16.5. The van der Waals surface area contributed by atoms with E-state index in [4.69, 9.17) is 4.74 Å². The number of nitrogens with one attached hydrogen (secondary N) is 2. The van der Waals surface area contributed by atoms with Crippen molar-refractivity contribution in [2.75, 3.05) is 19.7 Å². The van der Waals surface area contributed by atoms with Gasteiger partial charge in [0, 0.05) is 19.1 Å². The molecule has 0 radical (unpaired) electrons. The third-order valence-corrected chi connectivity index (χ3v) is 6.07. The minimum atomic E-state index is -3.62. The number of nitrogens with zero attached hydrogens (tertiary/aromatic N) is 1. The van der Waals surface area contributed by atoms with E-state index in [2.05, 4.69) is 10.6 Å². The van der Waals surface area contributed by atoms with Gasteiger partial charge in [-0.2, -0.15) is 4.31 Å². The molecule has 0 aliphatic carbocycles. The predicted octanol–water partition coefficient (Wildman–Crippen LogP) is 1.50. The van der Waals surface area contributed by atoms with Crippen molar-refractivity contribution in [1.29, 1.82) is 0 Å². The van der Waals surface area contributed by atoms with Gasteiger partial charge in [-0.25, -0.2) is 18.0 Å². The number of imide groups is 1. The van der Waals surface area contributed by atoms with E-state index in [9.17, 15) is 22.8 Å². The fourth-order valence-electron chi connectivity index (χ4n) is 2.21. The zero-order valence-corrected chi connectivity index (χ0v) is 17.3. The highest BCUT2D eigenvalue weighted by Crippen LogP contribution is 2.16. The van der Waals surface area contributed by atoms with Gasteiger partial charge < -0.3 is 10.1 Å². The minimum Gasteiger partial charge on any atom is -0.452 e. The fourth-order valence-corrected chi connectivity index (χ4v) is 3.67. The predicted molar refractivity (Wildman–Crippen MR) is 103 cm³/mol. The monoisotopic (exact) mass is 413 g/mol. The molecule has 0 bridgehead atoms. The highest BCUT2D eigenvalue weighted by molar-refractivity contribution is 7.89. The lowest BCUT2D eigenvalue weighted by atomic mass is 10.2. The van der Waals surface area contributed by atoms with Crippen LogP contribution in [0.4, 0.5) is 4.79 Å². The van der Waals surface area contributed by atoms with Crippen molar-refractivity contribution in [2.24, 2.45) is 0 Å². The van der Waals surface area contributed by atoms with Crippen molar-refractivity contribution < 1.29 is 27.5 Å². The number of esters is 1. The molecule has 0 aromatic heterocycles. The normalized spacial score (nSPS) is 12.3. The van der Waals surface area contributed by atoms with Crippen molar-refractivity contribution in [3.05, 3.63) is 29.8 Å². The van der Waals surface area contributed by atoms with Crippen LogP contribution >= 0.6 is 0 Å². The van der Waals surface area contributed by atoms with Gasteiger partial charge >= 0.3 is 12.0 Å². The topological polar surface area (TPSA) is 122 Å². The quantitative estimate of drug-likeness (QED) is 0.592. The lowest BCUT2D eigenvalue weighted by Gasteiger charge is -2.18. The molecule has 0 aliphatic heterocycles. The number of hydrogen-bond acceptors (Lipinski definition) is 6. The first kappa shape index (κ1) is 23.6. The van der Waals surface area contributed by atoms with Crippen molar-refractivity contribution in [1.82, 2.24) is 14.9 Å². The summed E-state index contributed by atoms with van der Waals surface area (Å²) in [4.78, 5) is 35.2. The summed E-state index contributed by atoms with van der Waals surface area (Å²) in [5.41, 5.74) is 0.0929. The van der Waals surface area contributed by atoms with Crippen LogP contribution < -0.4 is 10.6 Å². The highest BCUT2D eigenvalue weighted by atomic mass is 32.2. The summed E-state index contributed by atoms with van der Waals surface area (Å²) in [6.45, 7) is 7.18. The second-order valence-electron chi connectivity index (χ2n) is 6.02. The van der Waals surface area contributed by atoms with Crippen molar-refractivity contribution in [2.45, 2.75) is 45.1 Å². The maximum atomic E-state index is 12.4. The van der Waals surface area contributed by atoms with Gasteiger partial charge in [0.1, 0.15) is 0 Å². The fraction of sp³-hybridized carbons (Fsp3) is 0.500. The van der Waals surface area contributed by atoms with Crippen LogP contribution in [0, 0.1) is 0 Å². The number of ether oxygens (including phenoxy) is 1. The molecular formula is C18H27N3O6S. The van der Waals surface area contributed by atoms with Gasteiger partial charge in [0.2, 0.25) is 10.0 Å². The molecule has 0 aliphatic rings. The average Bonchev–Trinajstić information content (AvgIpc) is 2.66. The second kappa shape index (κ2) is 10.8. The molecule has 28 heavy (non-hydrogen) atoms. The smallest absolute Gasteiger partial charge is 0.338 e. The van der Waals surface area contributed by atoms with Gasteiger partial charge in [0.15, 0.2) is 6.61 Å². The van der Waals surface area contributed by atoms with Crippen LogP contribution in [0.2, 0.25) is 0 Å². The van der Waals surface area contributed by atoms with Crippen LogP contribution in [0.1, 0.15) is 44.5 Å². The summed E-state index contributed by atoms with van der Waals surface area (Å²) in [6, 6.07) is 4.48. The van der Waals surface area contributed by atoms with Crippen molar-refractivity contribution in [3.63, 3.8) is 0 Å². The average molecular weight is 413 g/mol. The Hall–Kier alpha value is -2.46. The van der Waals surface area contributed by atoms with Crippen LogP contribution in [-0.4, -0.2) is 56.4 Å². The summed E-state index contributed by atoms with van der Waals surface area (Å²) in [5, 5.41) is 4.60. The Morgan fingerprint density at radius 1 is 1.07 bits per heavy atom. The molecule has 0 saturated carbocycles. The van der Waals surface area contributed by atoms with Crippen LogP contribution in [0.3, 0.4) is 0 Å². The van der Waals surface area contributed by atoms with Gasteiger partial charge in [-0.3, -0.25) is 10.1 Å². The summed E-state index contributed by atoms with van der Waals surface area (Å²) >= 11 is 0. The van der Waals surface area contributed by atoms with E-state index in [0.717, 1.165) is 0 Å². The number of sulfonamides is 1. The first-order valence-corrected chi connectivity index (χ1v) is 10.5. The SMILES string of the molecule is CC[C@@H](C)NC(=O)NC(=O)COC(=O)c1ccc(S(=O)(=O)N(CC)CC)cc1. The van der Waals surface area contributed by atoms with E-state index in [-0.39, 0.29) is 16.5 Å². The van der Waals surface area contributed by atoms with Crippen molar-refractivity contribution in [3.8, 4) is 0 Å². The number of hydrogen-bond donors (Lipinski definition) is 2. The Balaban J connectivity index is 2.64. The molecule has 10 heteroatoms. The number of rotatable bonds is 9. The van der Waals surface area contributed by atoms with Crippen molar-refractivity contribution >= 4 is 27.9 Å². The molecule has 1 aromatic carbocycles. The molecule has 2 N–H and O–H groups in total. The second-order valence-corrected chi connectivity index (χ2v) is 7.96. The molecule has 3 amide bonds. The van der Waals surface area contributed by atoms with E-state index in [1.807, 2.05) is 6.92 Å². The maximum Gasteiger partial charge on any atom is 0.338 e. The zero-order chi connectivity index (χ0) is 21.3. The number of benzene rings is 1. The van der Waals surface area contributed by atoms with Crippen LogP contribution in [0.25, 0.3) is 0 Å². The Bertz CT molecular complexity index is 788. The molecule has 0 saturated heterocycles. The van der Waals surface area contributed by atoms with Crippen LogP contribution in [0.5, 0.6) is 0 Å². The van der Waals surface area contributed by atoms with Gasteiger partial charge in [-0.15, -0.1) is 0 Å². The van der Waals surface area contributed by atoms with Gasteiger partial charge in [0.25, 0.3) is 5.91 Å². The largest absolute Gasteiger partial charge is 0.452 e. The summed E-state index contributed by atoms with van der Waals surface area (Å²) in [7, 11) is -3.62. The maximum absolute atomic E-state index is 12.4. The third kappa shape index (κ3) is 6.61. The first-order chi connectivity index (χ1) is 13.1. The van der Waals surface area contributed by atoms with Gasteiger partial charge in [-0.05, 0) is 37.6 Å². The van der Waals surface area contributed by atoms with E-state index in [1.165, 1.54) is 28.6 Å². The van der Waals surface area contributed by atoms with E-state index >= 15 is 0 Å². The lowest BCUT2D eigenvalue weighted by Crippen LogP contribution is -2.44. The molecule has 0 heterocycles. The van der Waals surface area contributed by atoms with E-state index in [1.54, 1.807) is 20.8 Å². The Morgan fingerprint density at radius 3 is 2.14 bits per heavy atom. The first-order valence-electron chi connectivity index (χ1n) is 9.03. The number of amides is 3. The van der Waals surface area contributed by atoms with Crippen LogP contribution in [-0.2, 0) is 19.6 Å². The lowest BCUT2D eigenvalue weighted by molar-refractivity contribution is -0.123. The molecule has 0 fully saturated rings. The Labute approximate surface area is 165 Å². The highest BCUT2D eigenvalue weighted by Gasteiger charge is 2.22. The molecule has 9 nitrogen and oxygen atoms in total. The molecule has 0 unspecified atom stereocenters. The molecule has 1 rings (SSSR count). The minimum absolute atomic E-state index is 0.0622. The number of carbonyl (C=O) groups is 3. The molecule has 1 atom stereocenters. The summed E-state index contributed by atoms with van der Waals surface area (Å²) in [5.74, 6) is -1.57. The van der Waals surface area contributed by atoms with Gasteiger partial charge in [-0.1, -0.05) is 20.8 Å². The summed E-state index contributed by atoms with van der Waals surface area (Å²) < 4.78 is 31.0. The summed E-state index contributed by atoms with van der Waals surface area (Å²) in [6.07, 6.45) is 0.705.